The van der Waals surface area contributed by atoms with Gasteiger partial charge < -0.3 is 9.80 Å². The number of hydrogen-bond donors (Lipinski definition) is 0. The van der Waals surface area contributed by atoms with Gasteiger partial charge in [0, 0.05) is 42.8 Å². The molecule has 0 spiro atoms. The van der Waals surface area contributed by atoms with E-state index in [0.717, 1.165) is 54.3 Å². The van der Waals surface area contributed by atoms with Crippen LogP contribution in [0.4, 0.5) is 11.6 Å². The van der Waals surface area contributed by atoms with Gasteiger partial charge in [0.15, 0.2) is 0 Å². The molecule has 5 rings (SSSR count). The summed E-state index contributed by atoms with van der Waals surface area (Å²) < 4.78 is 0. The topological polar surface area (TPSA) is 32.3 Å². The summed E-state index contributed by atoms with van der Waals surface area (Å²) in [5.74, 6) is 0.824. The Balaban J connectivity index is 1.47. The first kappa shape index (κ1) is 16.8. The second kappa shape index (κ2) is 7.31. The lowest BCUT2D eigenvalue weighted by Crippen LogP contribution is -2.47. The van der Waals surface area contributed by atoms with Crippen LogP contribution in [0.3, 0.4) is 0 Å². The summed E-state index contributed by atoms with van der Waals surface area (Å²) in [6, 6.07) is 29.3. The number of hydrogen-bond acceptors (Lipinski definition) is 4. The highest BCUT2D eigenvalue weighted by molar-refractivity contribution is 5.93. The summed E-state index contributed by atoms with van der Waals surface area (Å²) >= 11 is 0. The summed E-state index contributed by atoms with van der Waals surface area (Å²) in [6.07, 6.45) is 0. The van der Waals surface area contributed by atoms with E-state index in [4.69, 9.17) is 9.97 Å². The molecule has 0 aliphatic carbocycles. The minimum atomic E-state index is 0.824. The molecule has 4 nitrogen and oxygen atoms in total. The molecule has 2 heterocycles. The molecule has 4 aromatic rings. The van der Waals surface area contributed by atoms with Crippen LogP contribution in [-0.2, 0) is 0 Å². The van der Waals surface area contributed by atoms with Crippen molar-refractivity contribution in [2.24, 2.45) is 0 Å². The number of para-hydroxylation sites is 2. The van der Waals surface area contributed by atoms with Gasteiger partial charge in [-0.1, -0.05) is 66.7 Å². The zero-order valence-corrected chi connectivity index (χ0v) is 15.7. The van der Waals surface area contributed by atoms with Crippen LogP contribution in [0.1, 0.15) is 0 Å². The van der Waals surface area contributed by atoms with E-state index in [1.807, 2.05) is 12.1 Å². The zero-order valence-electron chi connectivity index (χ0n) is 15.7. The molecule has 1 aromatic heterocycles. The molecule has 28 heavy (non-hydrogen) atoms. The first-order valence-electron chi connectivity index (χ1n) is 9.76. The number of piperazine rings is 1. The molecule has 1 aliphatic heterocycles. The Morgan fingerprint density at radius 2 is 1.18 bits per heavy atom. The number of aromatic nitrogens is 2. The zero-order chi connectivity index (χ0) is 18.8. The molecular formula is C24H22N4. The van der Waals surface area contributed by atoms with Crippen molar-refractivity contribution in [2.45, 2.75) is 0 Å². The third kappa shape index (κ3) is 3.18. The highest BCUT2D eigenvalue weighted by atomic mass is 15.3. The van der Waals surface area contributed by atoms with E-state index in [2.05, 4.69) is 82.6 Å². The van der Waals surface area contributed by atoms with Crippen molar-refractivity contribution in [2.75, 3.05) is 36.0 Å². The monoisotopic (exact) mass is 366 g/mol. The molecule has 1 aliphatic rings. The molecule has 138 valence electrons. The molecule has 0 atom stereocenters. The maximum Gasteiger partial charge on any atom is 0.226 e. The van der Waals surface area contributed by atoms with Crippen molar-refractivity contribution in [3.63, 3.8) is 0 Å². The number of rotatable bonds is 3. The molecule has 4 heteroatoms. The van der Waals surface area contributed by atoms with Gasteiger partial charge in [0.2, 0.25) is 5.95 Å². The van der Waals surface area contributed by atoms with Gasteiger partial charge in [-0.2, -0.15) is 0 Å². The summed E-state index contributed by atoms with van der Waals surface area (Å²) in [5, 5.41) is 1.10. The Bertz CT molecular complexity index is 1070. The molecule has 0 radical (unpaired) electrons. The van der Waals surface area contributed by atoms with Crippen LogP contribution in [-0.4, -0.2) is 36.1 Å². The molecular weight excluding hydrogens is 344 g/mol. The van der Waals surface area contributed by atoms with E-state index < -0.39 is 0 Å². The van der Waals surface area contributed by atoms with Gasteiger partial charge in [-0.25, -0.2) is 9.97 Å². The van der Waals surface area contributed by atoms with E-state index in [1.54, 1.807) is 0 Å². The summed E-state index contributed by atoms with van der Waals surface area (Å²) in [6.45, 7) is 3.78. The second-order valence-electron chi connectivity index (χ2n) is 7.07. The van der Waals surface area contributed by atoms with E-state index in [0.29, 0.717) is 0 Å². The number of nitrogens with zero attached hydrogens (tertiary/aromatic N) is 4. The lowest BCUT2D eigenvalue weighted by atomic mass is 10.1. The fourth-order valence-corrected chi connectivity index (χ4v) is 3.83. The first-order valence-corrected chi connectivity index (χ1v) is 9.76. The van der Waals surface area contributed by atoms with Crippen LogP contribution < -0.4 is 9.80 Å². The number of benzene rings is 3. The Kier molecular flexibility index (Phi) is 4.37. The largest absolute Gasteiger partial charge is 0.368 e. The van der Waals surface area contributed by atoms with Gasteiger partial charge in [-0.3, -0.25) is 0 Å². The number of fused-ring (bicyclic) bond motifs is 1. The minimum absolute atomic E-state index is 0.824. The molecule has 0 saturated carbocycles. The Hall–Kier alpha value is -3.40. The highest BCUT2D eigenvalue weighted by Gasteiger charge is 2.20. The van der Waals surface area contributed by atoms with Crippen molar-refractivity contribution in [3.8, 4) is 11.3 Å². The van der Waals surface area contributed by atoms with Crippen molar-refractivity contribution in [3.05, 3.63) is 84.9 Å². The smallest absolute Gasteiger partial charge is 0.226 e. The number of anilines is 2. The maximum atomic E-state index is 4.99. The molecule has 3 aromatic carbocycles. The van der Waals surface area contributed by atoms with Crippen molar-refractivity contribution in [1.82, 2.24) is 9.97 Å². The van der Waals surface area contributed by atoms with E-state index in [1.165, 1.54) is 5.69 Å². The predicted octanol–water partition coefficient (Wildman–Crippen LogP) is 4.62. The van der Waals surface area contributed by atoms with Crippen molar-refractivity contribution < 1.29 is 0 Å². The summed E-state index contributed by atoms with van der Waals surface area (Å²) in [4.78, 5) is 14.6. The van der Waals surface area contributed by atoms with E-state index in [9.17, 15) is 0 Å². The van der Waals surface area contributed by atoms with Gasteiger partial charge in [0.05, 0.1) is 11.2 Å². The molecule has 0 bridgehead atoms. The lowest BCUT2D eigenvalue weighted by molar-refractivity contribution is 0.641. The molecule has 1 saturated heterocycles. The van der Waals surface area contributed by atoms with Gasteiger partial charge in [0.1, 0.15) is 0 Å². The molecule has 0 N–H and O–H groups in total. The fraction of sp³-hybridized carbons (Fsp3) is 0.167. The summed E-state index contributed by atoms with van der Waals surface area (Å²) in [5.41, 5.74) is 4.42. The Morgan fingerprint density at radius 3 is 1.93 bits per heavy atom. The Labute approximate surface area is 165 Å². The van der Waals surface area contributed by atoms with Crippen LogP contribution in [0.5, 0.6) is 0 Å². The minimum Gasteiger partial charge on any atom is -0.368 e. The predicted molar refractivity (Wildman–Crippen MR) is 116 cm³/mol. The van der Waals surface area contributed by atoms with Crippen LogP contribution in [0.2, 0.25) is 0 Å². The third-order valence-corrected chi connectivity index (χ3v) is 5.32. The Morgan fingerprint density at radius 1 is 0.571 bits per heavy atom. The van der Waals surface area contributed by atoms with Crippen LogP contribution >= 0.6 is 0 Å². The quantitative estimate of drug-likeness (QED) is 0.529. The fourth-order valence-electron chi connectivity index (χ4n) is 3.83. The van der Waals surface area contributed by atoms with Gasteiger partial charge in [-0.05, 0) is 18.2 Å². The van der Waals surface area contributed by atoms with Gasteiger partial charge in [-0.15, -0.1) is 0 Å². The van der Waals surface area contributed by atoms with Crippen LogP contribution in [0.25, 0.3) is 22.2 Å². The second-order valence-corrected chi connectivity index (χ2v) is 7.07. The van der Waals surface area contributed by atoms with Gasteiger partial charge >= 0.3 is 0 Å². The van der Waals surface area contributed by atoms with Crippen LogP contribution in [0.15, 0.2) is 84.9 Å². The maximum absolute atomic E-state index is 4.99. The van der Waals surface area contributed by atoms with Gasteiger partial charge in [0.25, 0.3) is 0 Å². The molecule has 1 fully saturated rings. The first-order chi connectivity index (χ1) is 13.9. The van der Waals surface area contributed by atoms with Crippen LogP contribution in [0, 0.1) is 0 Å². The summed E-state index contributed by atoms with van der Waals surface area (Å²) in [7, 11) is 0. The van der Waals surface area contributed by atoms with Crippen molar-refractivity contribution >= 4 is 22.5 Å². The molecule has 0 unspecified atom stereocenters. The van der Waals surface area contributed by atoms with Crippen molar-refractivity contribution in [1.29, 1.82) is 0 Å². The average molecular weight is 366 g/mol. The molecule has 0 amide bonds. The standard InChI is InChI=1S/C24H22N4/c1-3-9-19(10-4-1)23-21-13-7-8-14-22(21)25-24(26-23)28-17-15-27(16-18-28)20-11-5-2-6-12-20/h1-14H,15-18H2. The van der Waals surface area contributed by atoms with E-state index >= 15 is 0 Å². The SMILES string of the molecule is c1ccc(-c2nc(N3CCN(c4ccccc4)CC3)nc3ccccc23)cc1. The third-order valence-electron chi connectivity index (χ3n) is 5.32. The normalized spacial score (nSPS) is 14.4. The lowest BCUT2D eigenvalue weighted by Gasteiger charge is -2.36. The highest BCUT2D eigenvalue weighted by Crippen LogP contribution is 2.28. The average Bonchev–Trinajstić information content (AvgIpc) is 2.79. The van der Waals surface area contributed by atoms with E-state index in [-0.39, 0.29) is 0 Å².